The van der Waals surface area contributed by atoms with E-state index >= 15 is 0 Å². The van der Waals surface area contributed by atoms with E-state index in [9.17, 15) is 0 Å². The van der Waals surface area contributed by atoms with E-state index in [1.54, 1.807) is 0 Å². The number of nitrogens with one attached hydrogen (secondary N) is 2. The van der Waals surface area contributed by atoms with Crippen molar-refractivity contribution in [3.05, 3.63) is 11.9 Å². The van der Waals surface area contributed by atoms with Crippen molar-refractivity contribution in [1.82, 2.24) is 14.9 Å². The van der Waals surface area contributed by atoms with Crippen LogP contribution in [-0.2, 0) is 0 Å². The van der Waals surface area contributed by atoms with E-state index in [0.29, 0.717) is 11.7 Å². The second kappa shape index (κ2) is 5.97. The van der Waals surface area contributed by atoms with E-state index in [2.05, 4.69) is 32.5 Å². The molecule has 0 saturated carbocycles. The number of hydrogen-bond donors (Lipinski definition) is 3. The summed E-state index contributed by atoms with van der Waals surface area (Å²) in [4.78, 5) is 11.0. The minimum absolute atomic E-state index is 0.645. The van der Waals surface area contributed by atoms with Crippen LogP contribution in [0.25, 0.3) is 0 Å². The average Bonchev–Trinajstić information content (AvgIpc) is 2.83. The van der Waals surface area contributed by atoms with Crippen molar-refractivity contribution in [3.8, 4) is 0 Å². The smallest absolute Gasteiger partial charge is 0.145 e. The largest absolute Gasteiger partial charge is 0.370 e. The summed E-state index contributed by atoms with van der Waals surface area (Å²) in [6, 6.07) is 1.83. The average molecular weight is 250 g/mol. The van der Waals surface area contributed by atoms with Crippen molar-refractivity contribution in [3.63, 3.8) is 0 Å². The Bertz CT molecular complexity index is 394. The number of nitrogens with zero attached hydrogens (tertiary/aromatic N) is 3. The number of likely N-dealkylation sites (tertiary alicyclic amines) is 1. The number of nitrogens with two attached hydrogens (primary N) is 1. The standard InChI is InChI=1S/C12H22N6/c1-3-18-5-4-10(8-18)7-14-11-6-12(17-13)16-9(2)15-11/h6,10H,3-5,7-8,13H2,1-2H3,(H2,14,15,16,17). The second-order valence-corrected chi connectivity index (χ2v) is 4.76. The summed E-state index contributed by atoms with van der Waals surface area (Å²) in [5.74, 6) is 8.27. The molecule has 0 amide bonds. The molecule has 4 N–H and O–H groups in total. The van der Waals surface area contributed by atoms with Gasteiger partial charge < -0.3 is 15.6 Å². The fraction of sp³-hybridized carbons (Fsp3) is 0.667. The maximum absolute atomic E-state index is 5.37. The molecule has 0 spiro atoms. The number of aromatic nitrogens is 2. The normalized spacial score (nSPS) is 20.1. The molecule has 0 aromatic carbocycles. The lowest BCUT2D eigenvalue weighted by molar-refractivity contribution is 0.345. The lowest BCUT2D eigenvalue weighted by Crippen LogP contribution is -2.22. The molecule has 6 nitrogen and oxygen atoms in total. The van der Waals surface area contributed by atoms with Crippen LogP contribution >= 0.6 is 0 Å². The molecular formula is C12H22N6. The molecule has 0 radical (unpaired) electrons. The molecule has 18 heavy (non-hydrogen) atoms. The first-order chi connectivity index (χ1) is 8.71. The van der Waals surface area contributed by atoms with Gasteiger partial charge in [-0.15, -0.1) is 0 Å². The molecule has 1 atom stereocenters. The van der Waals surface area contributed by atoms with Crippen LogP contribution in [0.3, 0.4) is 0 Å². The lowest BCUT2D eigenvalue weighted by atomic mass is 10.1. The van der Waals surface area contributed by atoms with Crippen LogP contribution in [0.5, 0.6) is 0 Å². The van der Waals surface area contributed by atoms with Gasteiger partial charge >= 0.3 is 0 Å². The minimum atomic E-state index is 0.645. The predicted octanol–water partition coefficient (Wildman–Crippen LogP) is 0.824. The summed E-state index contributed by atoms with van der Waals surface area (Å²) in [6.07, 6.45) is 1.26. The third-order valence-electron chi connectivity index (χ3n) is 3.37. The Hall–Kier alpha value is -1.40. The Morgan fingerprint density at radius 2 is 2.22 bits per heavy atom. The Kier molecular flexibility index (Phi) is 4.33. The Labute approximate surface area is 108 Å². The van der Waals surface area contributed by atoms with Crippen molar-refractivity contribution in [1.29, 1.82) is 0 Å². The highest BCUT2D eigenvalue weighted by Gasteiger charge is 2.20. The van der Waals surface area contributed by atoms with Gasteiger partial charge in [0.05, 0.1) is 0 Å². The quantitative estimate of drug-likeness (QED) is 0.530. The van der Waals surface area contributed by atoms with E-state index < -0.39 is 0 Å². The van der Waals surface area contributed by atoms with Crippen LogP contribution in [0, 0.1) is 12.8 Å². The summed E-state index contributed by atoms with van der Waals surface area (Å²) < 4.78 is 0. The topological polar surface area (TPSA) is 79.1 Å². The number of nitrogen functional groups attached to an aromatic ring is 1. The monoisotopic (exact) mass is 250 g/mol. The number of hydrogen-bond acceptors (Lipinski definition) is 6. The van der Waals surface area contributed by atoms with E-state index in [-0.39, 0.29) is 0 Å². The first kappa shape index (κ1) is 13.0. The third kappa shape index (κ3) is 3.30. The van der Waals surface area contributed by atoms with Crippen molar-refractivity contribution in [2.45, 2.75) is 20.3 Å². The molecule has 2 rings (SSSR count). The molecule has 100 valence electrons. The van der Waals surface area contributed by atoms with Crippen LogP contribution in [-0.4, -0.2) is 41.0 Å². The Morgan fingerprint density at radius 1 is 1.44 bits per heavy atom. The number of anilines is 2. The van der Waals surface area contributed by atoms with Crippen LogP contribution in [0.1, 0.15) is 19.2 Å². The molecule has 1 fully saturated rings. The highest BCUT2D eigenvalue weighted by molar-refractivity contribution is 5.46. The summed E-state index contributed by atoms with van der Waals surface area (Å²) in [5.41, 5.74) is 2.55. The number of hydrazine groups is 1. The van der Waals surface area contributed by atoms with Gasteiger partial charge in [0.25, 0.3) is 0 Å². The van der Waals surface area contributed by atoms with Gasteiger partial charge in [0.15, 0.2) is 0 Å². The van der Waals surface area contributed by atoms with Gasteiger partial charge in [-0.1, -0.05) is 6.92 Å². The van der Waals surface area contributed by atoms with Crippen LogP contribution < -0.4 is 16.6 Å². The maximum atomic E-state index is 5.37. The Morgan fingerprint density at radius 3 is 2.89 bits per heavy atom. The number of rotatable bonds is 5. The molecule has 0 aliphatic carbocycles. The van der Waals surface area contributed by atoms with Crippen molar-refractivity contribution < 1.29 is 0 Å². The molecular weight excluding hydrogens is 228 g/mol. The van der Waals surface area contributed by atoms with Gasteiger partial charge in [-0.3, -0.25) is 0 Å². The SMILES string of the molecule is CCN1CCC(CNc2cc(NN)nc(C)n2)C1. The van der Waals surface area contributed by atoms with Gasteiger partial charge in [-0.2, -0.15) is 0 Å². The van der Waals surface area contributed by atoms with Gasteiger partial charge in [0.2, 0.25) is 0 Å². The van der Waals surface area contributed by atoms with Crippen molar-refractivity contribution in [2.75, 3.05) is 36.9 Å². The fourth-order valence-corrected chi connectivity index (χ4v) is 2.35. The van der Waals surface area contributed by atoms with Crippen LogP contribution in [0.2, 0.25) is 0 Å². The molecule has 0 bridgehead atoms. The second-order valence-electron chi connectivity index (χ2n) is 4.76. The lowest BCUT2D eigenvalue weighted by Gasteiger charge is -2.14. The first-order valence-electron chi connectivity index (χ1n) is 6.49. The molecule has 1 saturated heterocycles. The van der Waals surface area contributed by atoms with Gasteiger partial charge in [-0.05, 0) is 32.4 Å². The van der Waals surface area contributed by atoms with Crippen molar-refractivity contribution >= 4 is 11.6 Å². The molecule has 6 heteroatoms. The van der Waals surface area contributed by atoms with E-state index in [1.165, 1.54) is 19.5 Å². The fourth-order valence-electron chi connectivity index (χ4n) is 2.35. The Balaban J connectivity index is 1.88. The third-order valence-corrected chi connectivity index (χ3v) is 3.37. The maximum Gasteiger partial charge on any atom is 0.145 e. The summed E-state index contributed by atoms with van der Waals surface area (Å²) in [5, 5.41) is 3.37. The predicted molar refractivity (Wildman–Crippen MR) is 73.3 cm³/mol. The molecule has 1 aliphatic heterocycles. The van der Waals surface area contributed by atoms with Gasteiger partial charge in [0.1, 0.15) is 17.5 Å². The molecule has 1 aromatic heterocycles. The summed E-state index contributed by atoms with van der Waals surface area (Å²) >= 11 is 0. The van der Waals surface area contributed by atoms with Crippen LogP contribution in [0.4, 0.5) is 11.6 Å². The molecule has 1 aromatic rings. The van der Waals surface area contributed by atoms with Crippen molar-refractivity contribution in [2.24, 2.45) is 11.8 Å². The van der Waals surface area contributed by atoms with E-state index in [1.807, 2.05) is 13.0 Å². The van der Waals surface area contributed by atoms with Gasteiger partial charge in [-0.25, -0.2) is 15.8 Å². The van der Waals surface area contributed by atoms with E-state index in [0.717, 1.165) is 24.7 Å². The summed E-state index contributed by atoms with van der Waals surface area (Å²) in [6.45, 7) is 8.56. The zero-order valence-corrected chi connectivity index (χ0v) is 11.1. The van der Waals surface area contributed by atoms with Crippen LogP contribution in [0.15, 0.2) is 6.07 Å². The summed E-state index contributed by atoms with van der Waals surface area (Å²) in [7, 11) is 0. The zero-order chi connectivity index (χ0) is 13.0. The van der Waals surface area contributed by atoms with E-state index in [4.69, 9.17) is 5.84 Å². The molecule has 2 heterocycles. The highest BCUT2D eigenvalue weighted by atomic mass is 15.3. The highest BCUT2D eigenvalue weighted by Crippen LogP contribution is 2.17. The zero-order valence-electron chi connectivity index (χ0n) is 11.1. The first-order valence-corrected chi connectivity index (χ1v) is 6.49. The molecule has 1 aliphatic rings. The molecule has 1 unspecified atom stereocenters. The van der Waals surface area contributed by atoms with Gasteiger partial charge in [0, 0.05) is 19.2 Å². The number of aryl methyl sites for hydroxylation is 1. The minimum Gasteiger partial charge on any atom is -0.370 e.